The minimum Gasteiger partial charge on any atom is -0.378 e. The Morgan fingerprint density at radius 2 is 1.92 bits per heavy atom. The maximum atomic E-state index is 12.5. The smallest absolute Gasteiger partial charge is 0.242 e. The van der Waals surface area contributed by atoms with E-state index in [-0.39, 0.29) is 18.0 Å². The molecule has 1 aliphatic rings. The molecule has 6 nitrogen and oxygen atoms in total. The van der Waals surface area contributed by atoms with Crippen LogP contribution in [0.4, 0.5) is 0 Å². The van der Waals surface area contributed by atoms with Gasteiger partial charge in [0.25, 0.3) is 0 Å². The second-order valence-corrected chi connectivity index (χ2v) is 5.50. The monoisotopic (exact) mass is 320 g/mol. The van der Waals surface area contributed by atoms with Gasteiger partial charge >= 0.3 is 0 Å². The van der Waals surface area contributed by atoms with Gasteiger partial charge in [0.1, 0.15) is 24.3 Å². The van der Waals surface area contributed by atoms with Crippen molar-refractivity contribution in [2.75, 3.05) is 26.3 Å². The van der Waals surface area contributed by atoms with Gasteiger partial charge in [-0.25, -0.2) is 0 Å². The number of hydrogen-bond donors (Lipinski definition) is 0. The molecule has 1 amide bonds. The first kappa shape index (κ1) is 15.8. The number of rotatable bonds is 3. The van der Waals surface area contributed by atoms with Gasteiger partial charge in [-0.1, -0.05) is 18.2 Å². The number of fused-ring (bicyclic) bond motifs is 1. The molecular formula is C18H16N4O2. The maximum absolute atomic E-state index is 12.5. The molecule has 0 bridgehead atoms. The Bertz CT molecular complexity index is 861. The van der Waals surface area contributed by atoms with Crippen molar-refractivity contribution in [3.63, 3.8) is 0 Å². The normalized spacial score (nSPS) is 14.0. The zero-order chi connectivity index (χ0) is 16.9. The standard InChI is InChI=1S/C18H16N4O2/c19-10-14(11-20)9-15-12-22(17-4-2-1-3-16(15)17)13-18(23)21-5-7-24-8-6-21/h1-4,9,12H,5-8,13H2. The largest absolute Gasteiger partial charge is 0.378 e. The molecule has 0 aliphatic carbocycles. The van der Waals surface area contributed by atoms with Gasteiger partial charge in [0.05, 0.1) is 13.2 Å². The quantitative estimate of drug-likeness (QED) is 0.809. The Morgan fingerprint density at radius 1 is 1.21 bits per heavy atom. The lowest BCUT2D eigenvalue weighted by Crippen LogP contribution is -2.42. The third kappa shape index (κ3) is 3.15. The summed E-state index contributed by atoms with van der Waals surface area (Å²) in [4.78, 5) is 14.3. The number of hydrogen-bond acceptors (Lipinski definition) is 4. The Labute approximate surface area is 139 Å². The van der Waals surface area contributed by atoms with Crippen molar-refractivity contribution in [2.45, 2.75) is 6.54 Å². The molecule has 120 valence electrons. The number of aromatic nitrogens is 1. The zero-order valence-corrected chi connectivity index (χ0v) is 13.1. The molecule has 0 N–H and O–H groups in total. The van der Waals surface area contributed by atoms with Crippen molar-refractivity contribution in [3.05, 3.63) is 41.6 Å². The SMILES string of the molecule is N#CC(C#N)=Cc1cn(CC(=O)N2CCOCC2)c2ccccc12. The van der Waals surface area contributed by atoms with Crippen LogP contribution in [0.2, 0.25) is 0 Å². The van der Waals surface area contributed by atoms with Gasteiger partial charge in [0.2, 0.25) is 5.91 Å². The number of nitrogens with zero attached hydrogens (tertiary/aromatic N) is 4. The molecule has 1 fully saturated rings. The minimum absolute atomic E-state index is 0.0374. The number of morpholine rings is 1. The summed E-state index contributed by atoms with van der Waals surface area (Å²) in [5.74, 6) is 0.0374. The van der Waals surface area contributed by atoms with Gasteiger partial charge in [-0.05, 0) is 12.1 Å². The molecule has 0 spiro atoms. The van der Waals surface area contributed by atoms with Crippen LogP contribution >= 0.6 is 0 Å². The lowest BCUT2D eigenvalue weighted by atomic mass is 10.1. The summed E-state index contributed by atoms with van der Waals surface area (Å²) in [5, 5.41) is 18.8. The van der Waals surface area contributed by atoms with E-state index in [2.05, 4.69) is 0 Å². The van der Waals surface area contributed by atoms with Crippen molar-refractivity contribution in [2.24, 2.45) is 0 Å². The van der Waals surface area contributed by atoms with E-state index < -0.39 is 0 Å². The minimum atomic E-state index is 0.0374. The molecule has 0 atom stereocenters. The molecule has 1 aromatic carbocycles. The first-order valence-corrected chi connectivity index (χ1v) is 7.68. The molecule has 1 aromatic heterocycles. The molecule has 0 radical (unpaired) electrons. The van der Waals surface area contributed by atoms with E-state index in [1.807, 2.05) is 47.2 Å². The molecule has 24 heavy (non-hydrogen) atoms. The van der Waals surface area contributed by atoms with Crippen molar-refractivity contribution in [1.82, 2.24) is 9.47 Å². The Hall–Kier alpha value is -3.09. The highest BCUT2D eigenvalue weighted by atomic mass is 16.5. The molecule has 1 aliphatic heterocycles. The number of benzene rings is 1. The summed E-state index contributed by atoms with van der Waals surface area (Å²) in [6.07, 6.45) is 3.37. The van der Waals surface area contributed by atoms with Crippen LogP contribution in [-0.4, -0.2) is 41.7 Å². The van der Waals surface area contributed by atoms with Crippen LogP contribution in [0, 0.1) is 22.7 Å². The van der Waals surface area contributed by atoms with Crippen LogP contribution in [0.1, 0.15) is 5.56 Å². The van der Waals surface area contributed by atoms with Gasteiger partial charge in [-0.15, -0.1) is 0 Å². The first-order valence-electron chi connectivity index (χ1n) is 7.68. The van der Waals surface area contributed by atoms with Gasteiger partial charge in [-0.3, -0.25) is 4.79 Å². The van der Waals surface area contributed by atoms with E-state index in [1.165, 1.54) is 0 Å². The van der Waals surface area contributed by atoms with E-state index >= 15 is 0 Å². The lowest BCUT2D eigenvalue weighted by molar-refractivity contribution is -0.135. The summed E-state index contributed by atoms with van der Waals surface area (Å²) >= 11 is 0. The highest BCUT2D eigenvalue weighted by Gasteiger charge is 2.18. The van der Waals surface area contributed by atoms with E-state index in [0.717, 1.165) is 16.5 Å². The summed E-state index contributed by atoms with van der Waals surface area (Å²) in [6, 6.07) is 11.4. The number of para-hydroxylation sites is 1. The maximum Gasteiger partial charge on any atom is 0.242 e. The van der Waals surface area contributed by atoms with Gasteiger partial charge in [-0.2, -0.15) is 10.5 Å². The zero-order valence-electron chi connectivity index (χ0n) is 13.1. The number of carbonyl (C=O) groups is 1. The van der Waals surface area contributed by atoms with Crippen LogP contribution in [0.3, 0.4) is 0 Å². The molecule has 1 saturated heterocycles. The predicted molar refractivity (Wildman–Crippen MR) is 88.5 cm³/mol. The Balaban J connectivity index is 1.94. The fourth-order valence-electron chi connectivity index (χ4n) is 2.82. The van der Waals surface area contributed by atoms with Crippen molar-refractivity contribution < 1.29 is 9.53 Å². The van der Waals surface area contributed by atoms with Crippen LogP contribution in [-0.2, 0) is 16.1 Å². The van der Waals surface area contributed by atoms with Crippen molar-refractivity contribution >= 4 is 22.9 Å². The van der Waals surface area contributed by atoms with Gasteiger partial charge < -0.3 is 14.2 Å². The molecule has 0 saturated carbocycles. The molecule has 2 heterocycles. The van der Waals surface area contributed by atoms with Crippen LogP contribution in [0.25, 0.3) is 17.0 Å². The summed E-state index contributed by atoms with van der Waals surface area (Å²) < 4.78 is 7.14. The van der Waals surface area contributed by atoms with E-state index in [0.29, 0.717) is 26.3 Å². The van der Waals surface area contributed by atoms with Crippen LogP contribution < -0.4 is 0 Å². The van der Waals surface area contributed by atoms with E-state index in [9.17, 15) is 4.79 Å². The molecule has 6 heteroatoms. The van der Waals surface area contributed by atoms with Crippen molar-refractivity contribution in [1.29, 1.82) is 10.5 Å². The predicted octanol–water partition coefficient (Wildman–Crippen LogP) is 1.93. The summed E-state index contributed by atoms with van der Waals surface area (Å²) in [7, 11) is 0. The Kier molecular flexibility index (Phi) is 4.60. The van der Waals surface area contributed by atoms with Crippen LogP contribution in [0.15, 0.2) is 36.0 Å². The van der Waals surface area contributed by atoms with Gasteiger partial charge in [0.15, 0.2) is 0 Å². The average molecular weight is 320 g/mol. The second-order valence-electron chi connectivity index (χ2n) is 5.50. The lowest BCUT2D eigenvalue weighted by Gasteiger charge is -2.27. The molecule has 0 unspecified atom stereocenters. The first-order chi connectivity index (χ1) is 11.7. The fraction of sp³-hybridized carbons (Fsp3) is 0.278. The van der Waals surface area contributed by atoms with Crippen LogP contribution in [0.5, 0.6) is 0 Å². The third-order valence-electron chi connectivity index (χ3n) is 4.03. The Morgan fingerprint density at radius 3 is 2.62 bits per heavy atom. The third-order valence-corrected chi connectivity index (χ3v) is 4.03. The average Bonchev–Trinajstić information content (AvgIpc) is 2.98. The highest BCUT2D eigenvalue weighted by molar-refractivity contribution is 5.92. The highest BCUT2D eigenvalue weighted by Crippen LogP contribution is 2.23. The van der Waals surface area contributed by atoms with Crippen molar-refractivity contribution in [3.8, 4) is 12.1 Å². The number of carbonyl (C=O) groups excluding carboxylic acids is 1. The topological polar surface area (TPSA) is 82.0 Å². The number of nitriles is 2. The molecule has 2 aromatic rings. The van der Waals surface area contributed by atoms with E-state index in [1.54, 1.807) is 11.0 Å². The summed E-state index contributed by atoms with van der Waals surface area (Å²) in [5.41, 5.74) is 1.71. The number of amides is 1. The number of ether oxygens (including phenoxy) is 1. The summed E-state index contributed by atoms with van der Waals surface area (Å²) in [6.45, 7) is 2.58. The van der Waals surface area contributed by atoms with E-state index in [4.69, 9.17) is 15.3 Å². The van der Waals surface area contributed by atoms with Gasteiger partial charge in [0, 0.05) is 35.8 Å². The fourth-order valence-corrected chi connectivity index (χ4v) is 2.82. The number of allylic oxidation sites excluding steroid dienone is 1. The molecule has 3 rings (SSSR count). The molecular weight excluding hydrogens is 304 g/mol. The second kappa shape index (κ2) is 6.99.